The Kier molecular flexibility index (Phi) is 5.84. The van der Waals surface area contributed by atoms with Crippen molar-refractivity contribution in [1.82, 2.24) is 0 Å². The van der Waals surface area contributed by atoms with E-state index in [0.717, 1.165) is 0 Å². The average Bonchev–Trinajstić information content (AvgIpc) is 2.32. The second kappa shape index (κ2) is 6.91. The second-order valence-corrected chi connectivity index (χ2v) is 5.33. The molecule has 1 aromatic rings. The number of carbonyl (C=O) groups excluding carboxylic acids is 1. The van der Waals surface area contributed by atoms with Crippen molar-refractivity contribution in [3.8, 4) is 0 Å². The summed E-state index contributed by atoms with van der Waals surface area (Å²) in [6.45, 7) is 2.22. The van der Waals surface area contributed by atoms with Gasteiger partial charge in [0.05, 0.1) is 12.2 Å². The van der Waals surface area contributed by atoms with Gasteiger partial charge < -0.3 is 4.74 Å². The average molecular weight is 254 g/mol. The van der Waals surface area contributed by atoms with Crippen molar-refractivity contribution in [3.63, 3.8) is 0 Å². The summed E-state index contributed by atoms with van der Waals surface area (Å²) in [5, 5.41) is 0.427. The van der Waals surface area contributed by atoms with Gasteiger partial charge in [0.2, 0.25) is 0 Å². The molecule has 0 unspecified atom stereocenters. The maximum atomic E-state index is 11.4. The molecule has 16 heavy (non-hydrogen) atoms. The van der Waals surface area contributed by atoms with Gasteiger partial charge >= 0.3 is 11.2 Å². The first-order valence-corrected chi connectivity index (χ1v) is 7.63. The highest BCUT2D eigenvalue weighted by Gasteiger charge is 2.14. The zero-order valence-electron chi connectivity index (χ0n) is 9.73. The monoisotopic (exact) mass is 254 g/mol. The van der Waals surface area contributed by atoms with Crippen molar-refractivity contribution in [1.29, 1.82) is 0 Å². The highest BCUT2D eigenvalue weighted by molar-refractivity contribution is 8.55. The normalized spacial score (nSPS) is 9.94. The summed E-state index contributed by atoms with van der Waals surface area (Å²) in [4.78, 5) is 11.4. The number of hydrogen-bond donors (Lipinski definition) is 0. The minimum absolute atomic E-state index is 0.251. The predicted octanol–water partition coefficient (Wildman–Crippen LogP) is 2.28. The van der Waals surface area contributed by atoms with Crippen LogP contribution in [-0.2, 0) is 4.74 Å². The highest BCUT2D eigenvalue weighted by atomic mass is 32.2. The van der Waals surface area contributed by atoms with Crippen molar-refractivity contribution in [2.75, 3.05) is 19.1 Å². The zero-order valence-corrected chi connectivity index (χ0v) is 11.4. The van der Waals surface area contributed by atoms with E-state index in [2.05, 4.69) is 12.5 Å². The van der Waals surface area contributed by atoms with Gasteiger partial charge in [-0.2, -0.15) is 23.2 Å². The number of ether oxygens (including phenoxy) is 1. The van der Waals surface area contributed by atoms with E-state index in [1.165, 1.54) is 5.46 Å². The van der Waals surface area contributed by atoms with Crippen LogP contribution in [0.3, 0.4) is 0 Å². The van der Waals surface area contributed by atoms with Gasteiger partial charge in [-0.15, -0.1) is 0 Å². The SMILES string of the molecule is CCOC(=O)c1ccc(B(SC)SC)cc1. The van der Waals surface area contributed by atoms with Gasteiger partial charge in [-0.05, 0) is 31.6 Å². The number of hydrogen-bond acceptors (Lipinski definition) is 4. The van der Waals surface area contributed by atoms with E-state index in [1.54, 1.807) is 23.2 Å². The van der Waals surface area contributed by atoms with Gasteiger partial charge in [0.1, 0.15) is 0 Å². The number of rotatable bonds is 5. The van der Waals surface area contributed by atoms with Crippen molar-refractivity contribution in [3.05, 3.63) is 29.8 Å². The summed E-state index contributed by atoms with van der Waals surface area (Å²) in [5.74, 6) is -0.251. The Labute approximate surface area is 105 Å². The third kappa shape index (κ3) is 3.49. The van der Waals surface area contributed by atoms with Gasteiger partial charge in [0.15, 0.2) is 0 Å². The Balaban J connectivity index is 2.78. The van der Waals surface area contributed by atoms with Gasteiger partial charge in [-0.3, -0.25) is 0 Å². The fourth-order valence-electron chi connectivity index (χ4n) is 1.36. The van der Waals surface area contributed by atoms with Crippen molar-refractivity contribution in [2.24, 2.45) is 0 Å². The predicted molar refractivity (Wildman–Crippen MR) is 74.8 cm³/mol. The molecule has 0 aliphatic carbocycles. The van der Waals surface area contributed by atoms with Crippen LogP contribution in [0.5, 0.6) is 0 Å². The fraction of sp³-hybridized carbons (Fsp3) is 0.364. The Morgan fingerprint density at radius 1 is 1.25 bits per heavy atom. The molecule has 5 heteroatoms. The first-order chi connectivity index (χ1) is 7.72. The molecule has 0 amide bonds. The third-order valence-corrected chi connectivity index (χ3v) is 4.68. The standard InChI is InChI=1S/C11H15BO2S2/c1-4-14-11(13)9-5-7-10(8-6-9)12(15-2)16-3/h5-8H,4H2,1-3H3. The molecule has 0 spiro atoms. The Morgan fingerprint density at radius 2 is 1.81 bits per heavy atom. The van der Waals surface area contributed by atoms with Crippen LogP contribution in [0.15, 0.2) is 24.3 Å². The number of carbonyl (C=O) groups is 1. The maximum Gasteiger partial charge on any atom is 0.338 e. The van der Waals surface area contributed by atoms with Crippen molar-refractivity contribution >= 4 is 39.9 Å². The van der Waals surface area contributed by atoms with E-state index in [4.69, 9.17) is 4.74 Å². The van der Waals surface area contributed by atoms with Crippen molar-refractivity contribution < 1.29 is 9.53 Å². The molecule has 0 fully saturated rings. The lowest BCUT2D eigenvalue weighted by Gasteiger charge is -2.08. The molecule has 0 saturated carbocycles. The Bertz CT molecular complexity index is 336. The van der Waals surface area contributed by atoms with Crippen LogP contribution in [0.25, 0.3) is 0 Å². The van der Waals surface area contributed by atoms with E-state index in [1.807, 2.05) is 31.2 Å². The number of benzene rings is 1. The van der Waals surface area contributed by atoms with E-state index < -0.39 is 0 Å². The zero-order chi connectivity index (χ0) is 12.0. The first kappa shape index (κ1) is 13.5. The first-order valence-electron chi connectivity index (χ1n) is 5.05. The van der Waals surface area contributed by atoms with E-state index in [0.29, 0.717) is 17.4 Å². The lowest BCUT2D eigenvalue weighted by Crippen LogP contribution is -2.23. The summed E-state index contributed by atoms with van der Waals surface area (Å²) in [7, 11) is 0. The molecule has 1 rings (SSSR count). The van der Waals surface area contributed by atoms with Crippen molar-refractivity contribution in [2.45, 2.75) is 6.92 Å². The maximum absolute atomic E-state index is 11.4. The minimum atomic E-state index is -0.251. The molecule has 0 aromatic heterocycles. The lowest BCUT2D eigenvalue weighted by molar-refractivity contribution is 0.0526. The molecule has 0 saturated heterocycles. The van der Waals surface area contributed by atoms with Crippen LogP contribution in [0, 0.1) is 0 Å². The largest absolute Gasteiger partial charge is 0.462 e. The van der Waals surface area contributed by atoms with Gasteiger partial charge in [-0.1, -0.05) is 17.6 Å². The van der Waals surface area contributed by atoms with Gasteiger partial charge in [0.25, 0.3) is 0 Å². The van der Waals surface area contributed by atoms with Gasteiger partial charge in [0, 0.05) is 0 Å². The topological polar surface area (TPSA) is 26.3 Å². The molecule has 0 N–H and O–H groups in total. The van der Waals surface area contributed by atoms with Gasteiger partial charge in [-0.25, -0.2) is 4.79 Å². The number of esters is 1. The summed E-state index contributed by atoms with van der Waals surface area (Å²) >= 11 is 3.59. The summed E-state index contributed by atoms with van der Waals surface area (Å²) in [5.41, 5.74) is 1.85. The van der Waals surface area contributed by atoms with Crippen LogP contribution in [-0.4, -0.2) is 30.4 Å². The van der Waals surface area contributed by atoms with Crippen LogP contribution < -0.4 is 5.46 Å². The fourth-order valence-corrected chi connectivity index (χ4v) is 2.99. The van der Waals surface area contributed by atoms with Crippen LogP contribution in [0.4, 0.5) is 0 Å². The van der Waals surface area contributed by atoms with Crippen LogP contribution >= 0.6 is 23.2 Å². The molecule has 0 aliphatic heterocycles. The van der Waals surface area contributed by atoms with Crippen LogP contribution in [0.1, 0.15) is 17.3 Å². The molecule has 0 radical (unpaired) electrons. The Hall–Kier alpha value is -0.545. The van der Waals surface area contributed by atoms with E-state index in [9.17, 15) is 4.79 Å². The Morgan fingerprint density at radius 3 is 2.25 bits per heavy atom. The molecule has 2 nitrogen and oxygen atoms in total. The molecule has 0 heterocycles. The summed E-state index contributed by atoms with van der Waals surface area (Å²) in [6.07, 6.45) is 4.17. The summed E-state index contributed by atoms with van der Waals surface area (Å²) < 4.78 is 4.93. The quantitative estimate of drug-likeness (QED) is 0.595. The molecule has 0 atom stereocenters. The lowest BCUT2D eigenvalue weighted by atomic mass is 9.92. The van der Waals surface area contributed by atoms with E-state index >= 15 is 0 Å². The molecule has 86 valence electrons. The third-order valence-electron chi connectivity index (χ3n) is 2.12. The molecular formula is C11H15BO2S2. The highest BCUT2D eigenvalue weighted by Crippen LogP contribution is 2.14. The van der Waals surface area contributed by atoms with E-state index in [-0.39, 0.29) is 5.97 Å². The minimum Gasteiger partial charge on any atom is -0.462 e. The summed E-state index contributed by atoms with van der Waals surface area (Å²) in [6, 6.07) is 7.63. The molecular weight excluding hydrogens is 239 g/mol. The molecule has 1 aromatic carbocycles. The molecule has 0 bridgehead atoms. The molecule has 0 aliphatic rings. The second-order valence-electron chi connectivity index (χ2n) is 3.15. The van der Waals surface area contributed by atoms with Crippen LogP contribution in [0.2, 0.25) is 0 Å². The smallest absolute Gasteiger partial charge is 0.338 e.